The highest BCUT2D eigenvalue weighted by Crippen LogP contribution is 2.23. The molecular weight excluding hydrogens is 330 g/mol. The largest absolute Gasteiger partial charge is 0.295 e. The van der Waals surface area contributed by atoms with Crippen LogP contribution in [0.1, 0.15) is 10.6 Å². The molecular formula is C9H9BrClN3S2. The van der Waals surface area contributed by atoms with Crippen LogP contribution in [0, 0.1) is 0 Å². The Morgan fingerprint density at radius 3 is 2.88 bits per heavy atom. The Morgan fingerprint density at radius 1 is 1.50 bits per heavy atom. The van der Waals surface area contributed by atoms with Crippen molar-refractivity contribution < 1.29 is 0 Å². The molecule has 7 heteroatoms. The molecule has 2 aromatic heterocycles. The van der Waals surface area contributed by atoms with Gasteiger partial charge in [0.25, 0.3) is 0 Å². The quantitative estimate of drug-likeness (QED) is 0.852. The van der Waals surface area contributed by atoms with Crippen molar-refractivity contribution >= 4 is 50.4 Å². The van der Waals surface area contributed by atoms with Gasteiger partial charge >= 0.3 is 0 Å². The Labute approximate surface area is 115 Å². The van der Waals surface area contributed by atoms with E-state index in [0.29, 0.717) is 4.34 Å². The smallest absolute Gasteiger partial charge is 0.138 e. The van der Waals surface area contributed by atoms with E-state index in [9.17, 15) is 0 Å². The lowest BCUT2D eigenvalue weighted by Gasteiger charge is -2.13. The van der Waals surface area contributed by atoms with Crippen molar-refractivity contribution in [3.05, 3.63) is 30.8 Å². The molecule has 0 aliphatic rings. The molecule has 86 valence electrons. The van der Waals surface area contributed by atoms with Gasteiger partial charge in [0.15, 0.2) is 0 Å². The summed E-state index contributed by atoms with van der Waals surface area (Å²) in [6.07, 6.45) is 0. The van der Waals surface area contributed by atoms with E-state index in [4.69, 9.17) is 11.6 Å². The summed E-state index contributed by atoms with van der Waals surface area (Å²) in [5.74, 6) is 0. The average Bonchev–Trinajstić information content (AvgIpc) is 2.77. The minimum absolute atomic E-state index is 0.680. The standard InChI is InChI=1S/C9H9BrClN3S2/c1-14(3-7-2-6(10)5-15-7)4-8-9(11)16-13-12-8/h2,5H,3-4H2,1H3. The van der Waals surface area contributed by atoms with Gasteiger partial charge in [-0.3, -0.25) is 4.90 Å². The fourth-order valence-electron chi connectivity index (χ4n) is 1.31. The van der Waals surface area contributed by atoms with E-state index in [1.807, 2.05) is 7.05 Å². The van der Waals surface area contributed by atoms with E-state index in [2.05, 4.69) is 41.9 Å². The Bertz CT molecular complexity index is 471. The summed E-state index contributed by atoms with van der Waals surface area (Å²) in [5, 5.41) is 6.08. The molecule has 3 nitrogen and oxygen atoms in total. The molecule has 0 aromatic carbocycles. The SMILES string of the molecule is CN(Cc1cc(Br)cs1)Cc1nnsc1Cl. The molecule has 0 aliphatic heterocycles. The Balaban J connectivity index is 1.94. The molecule has 0 spiro atoms. The van der Waals surface area contributed by atoms with Crippen LogP contribution in [0.25, 0.3) is 0 Å². The number of aromatic nitrogens is 2. The van der Waals surface area contributed by atoms with Crippen LogP contribution in [0.3, 0.4) is 0 Å². The number of nitrogens with zero attached hydrogens (tertiary/aromatic N) is 3. The highest BCUT2D eigenvalue weighted by molar-refractivity contribution is 9.10. The number of rotatable bonds is 4. The Hall–Kier alpha value is -0.0100. The normalized spacial score (nSPS) is 11.2. The zero-order valence-corrected chi connectivity index (χ0v) is 12.5. The molecule has 0 saturated heterocycles. The third kappa shape index (κ3) is 3.24. The van der Waals surface area contributed by atoms with E-state index in [1.54, 1.807) is 11.3 Å². The number of thiophene rings is 1. The lowest BCUT2D eigenvalue weighted by Crippen LogP contribution is -2.17. The first-order valence-corrected chi connectivity index (χ1v) is 7.35. The monoisotopic (exact) mass is 337 g/mol. The summed E-state index contributed by atoms with van der Waals surface area (Å²) in [4.78, 5) is 3.48. The second kappa shape index (κ2) is 5.55. The minimum atomic E-state index is 0.680. The van der Waals surface area contributed by atoms with Gasteiger partial charge in [0.05, 0.1) is 0 Å². The molecule has 0 radical (unpaired) electrons. The Morgan fingerprint density at radius 2 is 2.31 bits per heavy atom. The first-order chi connectivity index (χ1) is 7.65. The third-order valence-corrected chi connectivity index (χ3v) is 4.64. The van der Waals surface area contributed by atoms with Crippen molar-refractivity contribution in [3.8, 4) is 0 Å². The second-order valence-electron chi connectivity index (χ2n) is 3.40. The van der Waals surface area contributed by atoms with Gasteiger partial charge in [-0.05, 0) is 29.0 Å². The van der Waals surface area contributed by atoms with Gasteiger partial charge in [0, 0.05) is 39.4 Å². The number of halogens is 2. The van der Waals surface area contributed by atoms with Gasteiger partial charge in [0.1, 0.15) is 10.0 Å². The van der Waals surface area contributed by atoms with Gasteiger partial charge in [-0.1, -0.05) is 16.1 Å². The van der Waals surface area contributed by atoms with Crippen molar-refractivity contribution in [2.45, 2.75) is 13.1 Å². The van der Waals surface area contributed by atoms with Crippen LogP contribution in [-0.4, -0.2) is 21.5 Å². The molecule has 0 atom stereocenters. The molecule has 0 fully saturated rings. The summed E-state index contributed by atoms with van der Waals surface area (Å²) in [5.41, 5.74) is 0.852. The van der Waals surface area contributed by atoms with E-state index < -0.39 is 0 Å². The van der Waals surface area contributed by atoms with Crippen LogP contribution in [0.5, 0.6) is 0 Å². The summed E-state index contributed by atoms with van der Waals surface area (Å²) in [6.45, 7) is 1.62. The fraction of sp³-hybridized carbons (Fsp3) is 0.333. The molecule has 0 N–H and O–H groups in total. The van der Waals surface area contributed by atoms with Crippen LogP contribution >= 0.6 is 50.4 Å². The number of hydrogen-bond donors (Lipinski definition) is 0. The highest BCUT2D eigenvalue weighted by Gasteiger charge is 2.09. The second-order valence-corrected chi connectivity index (χ2v) is 6.66. The van der Waals surface area contributed by atoms with Crippen molar-refractivity contribution in [1.82, 2.24) is 14.5 Å². The molecule has 0 saturated carbocycles. The van der Waals surface area contributed by atoms with Gasteiger partial charge in [-0.15, -0.1) is 16.4 Å². The Kier molecular flexibility index (Phi) is 4.32. The molecule has 2 aromatic rings. The average molecular weight is 339 g/mol. The van der Waals surface area contributed by atoms with Crippen LogP contribution in [0.15, 0.2) is 15.9 Å². The van der Waals surface area contributed by atoms with Crippen molar-refractivity contribution in [3.63, 3.8) is 0 Å². The summed E-state index contributed by atoms with van der Waals surface area (Å²) >= 11 is 12.4. The highest BCUT2D eigenvalue weighted by atomic mass is 79.9. The van der Waals surface area contributed by atoms with E-state index in [0.717, 1.165) is 23.3 Å². The topological polar surface area (TPSA) is 29.0 Å². The summed E-state index contributed by atoms with van der Waals surface area (Å²) in [7, 11) is 2.04. The summed E-state index contributed by atoms with van der Waals surface area (Å²) in [6, 6.07) is 2.13. The predicted molar refractivity (Wildman–Crippen MR) is 72.1 cm³/mol. The zero-order chi connectivity index (χ0) is 11.5. The molecule has 0 amide bonds. The van der Waals surface area contributed by atoms with Crippen LogP contribution in [0.4, 0.5) is 0 Å². The maximum absolute atomic E-state index is 5.95. The van der Waals surface area contributed by atoms with Gasteiger partial charge < -0.3 is 0 Å². The molecule has 2 rings (SSSR count). The van der Waals surface area contributed by atoms with Crippen molar-refractivity contribution in [2.24, 2.45) is 0 Å². The van der Waals surface area contributed by atoms with Gasteiger partial charge in [-0.2, -0.15) is 0 Å². The fourth-order valence-corrected chi connectivity index (χ4v) is 3.45. The van der Waals surface area contributed by atoms with Gasteiger partial charge in [-0.25, -0.2) is 0 Å². The first kappa shape index (κ1) is 12.4. The maximum Gasteiger partial charge on any atom is 0.138 e. The van der Waals surface area contributed by atoms with Crippen molar-refractivity contribution in [1.29, 1.82) is 0 Å². The predicted octanol–water partition coefficient (Wildman–Crippen LogP) is 3.65. The van der Waals surface area contributed by atoms with Gasteiger partial charge in [0.2, 0.25) is 0 Å². The first-order valence-electron chi connectivity index (χ1n) is 4.53. The third-order valence-electron chi connectivity index (χ3n) is 1.98. The lowest BCUT2D eigenvalue weighted by molar-refractivity contribution is 0.318. The van der Waals surface area contributed by atoms with E-state index >= 15 is 0 Å². The van der Waals surface area contributed by atoms with E-state index in [1.165, 1.54) is 16.4 Å². The van der Waals surface area contributed by atoms with Crippen LogP contribution < -0.4 is 0 Å². The van der Waals surface area contributed by atoms with Crippen LogP contribution in [0.2, 0.25) is 4.34 Å². The lowest BCUT2D eigenvalue weighted by atomic mass is 10.4. The molecule has 0 aliphatic carbocycles. The summed E-state index contributed by atoms with van der Waals surface area (Å²) < 4.78 is 5.63. The zero-order valence-electron chi connectivity index (χ0n) is 8.48. The van der Waals surface area contributed by atoms with Crippen LogP contribution in [-0.2, 0) is 13.1 Å². The van der Waals surface area contributed by atoms with E-state index in [-0.39, 0.29) is 0 Å². The maximum atomic E-state index is 5.95. The molecule has 0 unspecified atom stereocenters. The number of hydrogen-bond acceptors (Lipinski definition) is 5. The minimum Gasteiger partial charge on any atom is -0.295 e. The molecule has 2 heterocycles. The van der Waals surface area contributed by atoms with Crippen molar-refractivity contribution in [2.75, 3.05) is 7.05 Å². The molecule has 0 bridgehead atoms. The molecule has 16 heavy (non-hydrogen) atoms.